The Morgan fingerprint density at radius 3 is 2.31 bits per heavy atom. The molecule has 1 saturated heterocycles. The number of carbonyl (C=O) groups is 1. The van der Waals surface area contributed by atoms with Crippen molar-refractivity contribution in [2.45, 2.75) is 45.6 Å². The number of hydrogen-bond donors (Lipinski definition) is 1. The molecule has 6 heteroatoms. The molecule has 1 atom stereocenters. The average Bonchev–Trinajstić information content (AvgIpc) is 3.21. The van der Waals surface area contributed by atoms with Gasteiger partial charge in [-0.3, -0.25) is 9.69 Å². The Morgan fingerprint density at radius 2 is 1.81 bits per heavy atom. The van der Waals surface area contributed by atoms with Gasteiger partial charge in [-0.15, -0.1) is 35.1 Å². The zero-order valence-electron chi connectivity index (χ0n) is 15.2. The topological polar surface area (TPSA) is 40.5 Å². The summed E-state index contributed by atoms with van der Waals surface area (Å²) in [6.45, 7) is 6.03. The third-order valence-electron chi connectivity index (χ3n) is 4.88. The second-order valence-corrected chi connectivity index (χ2v) is 8.49. The highest BCUT2D eigenvalue weighted by Gasteiger charge is 2.27. The summed E-state index contributed by atoms with van der Waals surface area (Å²) in [7, 11) is 0. The van der Waals surface area contributed by atoms with Crippen molar-refractivity contribution in [3.63, 3.8) is 0 Å². The minimum absolute atomic E-state index is 0. The zero-order valence-corrected chi connectivity index (χ0v) is 17.7. The maximum atomic E-state index is 11.5. The molecular weight excluding hydrogens is 386 g/mol. The summed E-state index contributed by atoms with van der Waals surface area (Å²) in [5.74, 6) is -0.674. The monoisotopic (exact) mass is 411 g/mol. The third kappa shape index (κ3) is 4.77. The van der Waals surface area contributed by atoms with Crippen LogP contribution in [0.2, 0.25) is 0 Å². The molecule has 1 unspecified atom stereocenters. The van der Waals surface area contributed by atoms with Gasteiger partial charge in [0.15, 0.2) is 0 Å². The molecule has 2 aromatic rings. The number of halogens is 1. The molecule has 26 heavy (non-hydrogen) atoms. The molecule has 3 nitrogen and oxygen atoms in total. The van der Waals surface area contributed by atoms with E-state index in [0.717, 1.165) is 38.8 Å². The molecule has 0 bridgehead atoms. The molecule has 1 aliphatic rings. The number of carboxylic acids is 1. The predicted molar refractivity (Wildman–Crippen MR) is 114 cm³/mol. The summed E-state index contributed by atoms with van der Waals surface area (Å²) >= 11 is 3.57. The molecule has 0 radical (unpaired) electrons. The fourth-order valence-electron chi connectivity index (χ4n) is 3.50. The number of nitrogens with zero attached hydrogens (tertiary/aromatic N) is 1. The first-order valence-electron chi connectivity index (χ1n) is 8.84. The minimum Gasteiger partial charge on any atom is -0.480 e. The molecule has 3 rings (SSSR count). The molecule has 1 N–H and O–H groups in total. The summed E-state index contributed by atoms with van der Waals surface area (Å²) in [6.07, 6.45) is 6.10. The Hall–Kier alpha value is -1.14. The third-order valence-corrected chi connectivity index (χ3v) is 6.98. The van der Waals surface area contributed by atoms with E-state index < -0.39 is 5.97 Å². The summed E-state index contributed by atoms with van der Waals surface area (Å²) < 4.78 is 0. The van der Waals surface area contributed by atoms with Crippen LogP contribution in [0.4, 0.5) is 0 Å². The molecule has 0 spiro atoms. The van der Waals surface area contributed by atoms with E-state index in [-0.39, 0.29) is 18.4 Å². The molecule has 1 aliphatic heterocycles. The predicted octanol–water partition coefficient (Wildman–Crippen LogP) is 5.61. The van der Waals surface area contributed by atoms with Crippen molar-refractivity contribution >= 4 is 46.6 Å². The van der Waals surface area contributed by atoms with Crippen molar-refractivity contribution in [2.75, 3.05) is 13.1 Å². The number of piperidine rings is 1. The van der Waals surface area contributed by atoms with E-state index in [1.54, 1.807) is 22.7 Å². The normalized spacial score (nSPS) is 17.5. The van der Waals surface area contributed by atoms with Gasteiger partial charge in [-0.1, -0.05) is 12.5 Å². The summed E-state index contributed by atoms with van der Waals surface area (Å²) in [6, 6.07) is 4.03. The number of aliphatic carboxylic acids is 1. The standard InChI is InChI=1S/C20H25NO2S2.ClH/c1-14-8-12-24-18(14)16(19-15(2)9-13-25-19)6-5-11-21-10-4-3-7-17(21)20(22)23;/h6,8-9,12-13,17H,3-5,7,10-11H2,1-2H3,(H,22,23);1H. The van der Waals surface area contributed by atoms with Crippen molar-refractivity contribution in [3.8, 4) is 0 Å². The fourth-order valence-corrected chi connectivity index (χ4v) is 5.51. The van der Waals surface area contributed by atoms with Crippen molar-refractivity contribution in [2.24, 2.45) is 0 Å². The first-order valence-corrected chi connectivity index (χ1v) is 10.6. The van der Waals surface area contributed by atoms with E-state index in [1.165, 1.54) is 26.5 Å². The van der Waals surface area contributed by atoms with Gasteiger partial charge in [-0.2, -0.15) is 0 Å². The molecular formula is C20H26ClNO2S2. The van der Waals surface area contributed by atoms with Crippen molar-refractivity contribution in [1.82, 2.24) is 4.90 Å². The highest BCUT2D eigenvalue weighted by atomic mass is 35.5. The first-order chi connectivity index (χ1) is 12.1. The molecule has 0 saturated carbocycles. The summed E-state index contributed by atoms with van der Waals surface area (Å²) in [5, 5.41) is 13.7. The number of carboxylic acid groups (broad SMARTS) is 1. The zero-order chi connectivity index (χ0) is 17.8. The van der Waals surface area contributed by atoms with Crippen molar-refractivity contribution < 1.29 is 9.90 Å². The summed E-state index contributed by atoms with van der Waals surface area (Å²) in [5.41, 5.74) is 3.93. The largest absolute Gasteiger partial charge is 0.480 e. The highest BCUT2D eigenvalue weighted by molar-refractivity contribution is 7.14. The molecule has 2 aromatic heterocycles. The lowest BCUT2D eigenvalue weighted by Crippen LogP contribution is -2.44. The van der Waals surface area contributed by atoms with E-state index in [9.17, 15) is 9.90 Å². The number of hydrogen-bond acceptors (Lipinski definition) is 4. The van der Waals surface area contributed by atoms with Crippen LogP contribution in [-0.4, -0.2) is 35.1 Å². The fraction of sp³-hybridized carbons (Fsp3) is 0.450. The number of rotatable bonds is 6. The quantitative estimate of drug-likeness (QED) is 0.671. The van der Waals surface area contributed by atoms with E-state index in [0.29, 0.717) is 0 Å². The van der Waals surface area contributed by atoms with Gasteiger partial charge in [0.05, 0.1) is 0 Å². The lowest BCUT2D eigenvalue weighted by Gasteiger charge is -2.32. The van der Waals surface area contributed by atoms with Crippen molar-refractivity contribution in [3.05, 3.63) is 49.9 Å². The van der Waals surface area contributed by atoms with Gasteiger partial charge in [0, 0.05) is 21.9 Å². The second-order valence-electron chi connectivity index (χ2n) is 6.66. The molecule has 1 fully saturated rings. The average molecular weight is 412 g/mol. The van der Waals surface area contributed by atoms with Crippen LogP contribution in [0.25, 0.3) is 5.57 Å². The van der Waals surface area contributed by atoms with Crippen LogP contribution in [0.3, 0.4) is 0 Å². The van der Waals surface area contributed by atoms with E-state index >= 15 is 0 Å². The Bertz CT molecular complexity index is 723. The van der Waals surface area contributed by atoms with E-state index in [2.05, 4.69) is 47.7 Å². The molecule has 0 amide bonds. The summed E-state index contributed by atoms with van der Waals surface area (Å²) in [4.78, 5) is 16.3. The minimum atomic E-state index is -0.674. The van der Waals surface area contributed by atoms with Gasteiger partial charge in [-0.05, 0) is 73.7 Å². The number of aryl methyl sites for hydroxylation is 2. The van der Waals surface area contributed by atoms with Crippen LogP contribution in [0, 0.1) is 13.8 Å². The number of thiophene rings is 2. The van der Waals surface area contributed by atoms with Crippen LogP contribution in [0.1, 0.15) is 46.6 Å². The first kappa shape index (κ1) is 21.2. The molecule has 3 heterocycles. The van der Waals surface area contributed by atoms with Crippen LogP contribution in [0.5, 0.6) is 0 Å². The maximum absolute atomic E-state index is 11.5. The molecule has 142 valence electrons. The van der Waals surface area contributed by atoms with Gasteiger partial charge in [0.2, 0.25) is 0 Å². The Labute approximate surface area is 169 Å². The maximum Gasteiger partial charge on any atom is 0.320 e. The van der Waals surface area contributed by atoms with Crippen LogP contribution in [-0.2, 0) is 4.79 Å². The Balaban J connectivity index is 0.00000243. The lowest BCUT2D eigenvalue weighted by atomic mass is 10.0. The van der Waals surface area contributed by atoms with Gasteiger partial charge < -0.3 is 5.11 Å². The van der Waals surface area contributed by atoms with Gasteiger partial charge in [-0.25, -0.2) is 0 Å². The highest BCUT2D eigenvalue weighted by Crippen LogP contribution is 2.35. The van der Waals surface area contributed by atoms with Crippen molar-refractivity contribution in [1.29, 1.82) is 0 Å². The molecule has 0 aliphatic carbocycles. The van der Waals surface area contributed by atoms with Gasteiger partial charge in [0.25, 0.3) is 0 Å². The number of likely N-dealkylation sites (tertiary alicyclic amines) is 1. The molecule has 0 aromatic carbocycles. The van der Waals surface area contributed by atoms with Crippen LogP contribution in [0.15, 0.2) is 29.0 Å². The van der Waals surface area contributed by atoms with E-state index in [1.807, 2.05) is 0 Å². The van der Waals surface area contributed by atoms with Gasteiger partial charge >= 0.3 is 5.97 Å². The Kier molecular flexibility index (Phi) is 7.89. The second kappa shape index (κ2) is 9.70. The van der Waals surface area contributed by atoms with Gasteiger partial charge in [0.1, 0.15) is 6.04 Å². The smallest absolute Gasteiger partial charge is 0.320 e. The SMILES string of the molecule is Cc1ccsc1C(=CCCN1CCCCC1C(=O)O)c1sccc1C.Cl. The van der Waals surface area contributed by atoms with Crippen LogP contribution >= 0.6 is 35.1 Å². The Morgan fingerprint density at radius 1 is 1.19 bits per heavy atom. The van der Waals surface area contributed by atoms with Crippen LogP contribution < -0.4 is 0 Å². The van der Waals surface area contributed by atoms with E-state index in [4.69, 9.17) is 0 Å². The lowest BCUT2D eigenvalue weighted by molar-refractivity contribution is -0.144.